The quantitative estimate of drug-likeness (QED) is 0.00631. The van der Waals surface area contributed by atoms with E-state index in [1.807, 2.05) is 20.8 Å². The monoisotopic (exact) mass is 1970 g/mol. The lowest BCUT2D eigenvalue weighted by atomic mass is 9.65. The molecule has 18 N–H and O–H groups in total. The van der Waals surface area contributed by atoms with Crippen LogP contribution in [0, 0.1) is 17.8 Å². The number of phenolic OH excluding ortho intramolecular Hbond substituents is 18. The van der Waals surface area contributed by atoms with Crippen molar-refractivity contribution in [2.45, 2.75) is 136 Å². The molecule has 12 aromatic rings. The van der Waals surface area contributed by atoms with Crippen molar-refractivity contribution in [1.82, 2.24) is 0 Å². The molecule has 0 aliphatic heterocycles. The standard InChI is InChI=1S/C120H110O26/c1-60(2)10-28-76-96(128)44-36-82(112(76)136)118(142)106-85(69-20-24-71(122)25-21-69)50-63(7)53-90(106)109-99(131)45-34-78(115(109)139)94(126)40-16-67-18-42-97(129)86(56-67)87-57-68(19-43-98(87)130)17-41-95(127)79-35-47-101(133)111(117(79)141)92-55-65(9)52-89(75-32-27-73(124)59-103(75)135)108(92)120(144)84-38-49-105(81(114(84)138)30-12-62(5)6)146-145-104-48-37-83(113(137)80(104)29-11-61(3)4)119(143)107-88(74-31-26-72(123)58-102(74)134)51-64(8)54-91(107)110-100(132)46-33-77(116(110)140)93(125)39-15-66-13-22-70(121)23-14-66/h10-27,31-49,53-59,85,88-92,106-108,121-124,128-141H,28-30,50-52H2,1-9H3. The second-order valence-electron chi connectivity index (χ2n) is 38.2. The molecule has 3 aliphatic carbocycles. The Morgan fingerprint density at radius 1 is 0.288 bits per heavy atom. The van der Waals surface area contributed by atoms with Gasteiger partial charge in [0.2, 0.25) is 0 Å². The number of rotatable bonds is 31. The molecule has 3 aliphatic rings. The third-order valence-corrected chi connectivity index (χ3v) is 27.3. The third-order valence-electron chi connectivity index (χ3n) is 27.3. The number of Topliss-reactive ketones (excluding diaryl/α,β-unsaturated/α-hetero) is 3. The molecular weight excluding hydrogens is 1860 g/mol. The molecule has 12 aromatic carbocycles. The first-order chi connectivity index (χ1) is 69.5. The summed E-state index contributed by atoms with van der Waals surface area (Å²) in [6.07, 6.45) is 18.1. The summed E-state index contributed by atoms with van der Waals surface area (Å²) in [5.74, 6) is -23.1. The number of hydrogen-bond acceptors (Lipinski definition) is 26. The molecule has 0 aromatic heterocycles. The van der Waals surface area contributed by atoms with Crippen molar-refractivity contribution in [1.29, 1.82) is 0 Å². The number of hydrogen-bond donors (Lipinski definition) is 18. The molecule has 15 rings (SSSR count). The van der Waals surface area contributed by atoms with Crippen molar-refractivity contribution in [2.75, 3.05) is 0 Å². The first kappa shape index (κ1) is 103. The number of allylic oxidation sites excluding steroid dienone is 15. The average molecular weight is 1970 g/mol. The van der Waals surface area contributed by atoms with Crippen LogP contribution in [0.15, 0.2) is 282 Å². The summed E-state index contributed by atoms with van der Waals surface area (Å²) in [5.41, 5.74) is 4.22. The van der Waals surface area contributed by atoms with Crippen molar-refractivity contribution in [2.24, 2.45) is 17.8 Å². The Labute approximate surface area is 841 Å². The number of benzene rings is 12. The Balaban J connectivity index is 0.715. The van der Waals surface area contributed by atoms with Crippen LogP contribution >= 0.6 is 0 Å². The number of phenols is 18. The minimum atomic E-state index is -1.48. The SMILES string of the molecule is CC(C)=CCc1c(O)ccc(C(=O)C2C(c3c(O)ccc(C(=O)C=Cc4ccc(O)c(-c5cc(C=CC(=O)c6ccc(O)c(C7C=C(C)CC(c8ccc(O)cc8O)C7C(=O)c7ccc(OOc8ccc(C(=O)C9C(c%10c(O)ccc(C(=O)C=Cc%11ccc(O)cc%11)c%10O)C=C(C)CC9c9ccc(O)cc9O)c(O)c8CC=C(C)C)c(CC=C(C)C)c7O)c6O)ccc5O)c4)c3O)C=C(C)CC2c2ccc(O)cc2)c1O. The van der Waals surface area contributed by atoms with Crippen LogP contribution in [0.5, 0.6) is 115 Å². The van der Waals surface area contributed by atoms with E-state index in [1.165, 1.54) is 170 Å². The molecule has 0 bridgehead atoms. The van der Waals surface area contributed by atoms with Crippen molar-refractivity contribution >= 4 is 52.9 Å². The predicted molar refractivity (Wildman–Crippen MR) is 552 cm³/mol. The Morgan fingerprint density at radius 2 is 0.582 bits per heavy atom. The van der Waals surface area contributed by atoms with E-state index in [4.69, 9.17) is 9.78 Å². The van der Waals surface area contributed by atoms with Crippen molar-refractivity contribution in [3.8, 4) is 126 Å². The van der Waals surface area contributed by atoms with Crippen LogP contribution < -0.4 is 9.78 Å². The minimum Gasteiger partial charge on any atom is -0.508 e. The molecular formula is C120H110O26. The second kappa shape index (κ2) is 43.0. The van der Waals surface area contributed by atoms with Gasteiger partial charge in [0.1, 0.15) is 103 Å². The van der Waals surface area contributed by atoms with Gasteiger partial charge in [-0.15, -0.1) is 0 Å². The Morgan fingerprint density at radius 3 is 0.945 bits per heavy atom. The van der Waals surface area contributed by atoms with Gasteiger partial charge in [0.15, 0.2) is 46.2 Å². The van der Waals surface area contributed by atoms with E-state index in [1.54, 1.807) is 102 Å². The zero-order valence-electron chi connectivity index (χ0n) is 81.2. The van der Waals surface area contributed by atoms with E-state index in [0.29, 0.717) is 34.3 Å². The Bertz CT molecular complexity index is 7550. The molecule has 9 unspecified atom stereocenters. The number of carbonyl (C=O) groups excluding carboxylic acids is 6. The van der Waals surface area contributed by atoms with Crippen LogP contribution in [-0.2, 0) is 19.3 Å². The molecule has 9 atom stereocenters. The van der Waals surface area contributed by atoms with Gasteiger partial charge in [-0.2, -0.15) is 0 Å². The molecule has 0 heterocycles. The minimum absolute atomic E-state index is 0.00149. The van der Waals surface area contributed by atoms with Gasteiger partial charge in [0.05, 0.1) is 33.4 Å². The highest BCUT2D eigenvalue weighted by atomic mass is 17.2. The molecule has 146 heavy (non-hydrogen) atoms. The second-order valence-corrected chi connectivity index (χ2v) is 38.2. The fraction of sp³-hybridized carbons (Fsp3) is 0.200. The highest BCUT2D eigenvalue weighted by Crippen LogP contribution is 2.59. The van der Waals surface area contributed by atoms with Gasteiger partial charge < -0.3 is 91.9 Å². The number of carbonyl (C=O) groups is 6. The highest BCUT2D eigenvalue weighted by molar-refractivity contribution is 6.12. The lowest BCUT2D eigenvalue weighted by Crippen LogP contribution is -2.32. The molecule has 0 spiro atoms. The van der Waals surface area contributed by atoms with Gasteiger partial charge in [-0.3, -0.25) is 38.5 Å². The molecule has 26 nitrogen and oxygen atoms in total. The summed E-state index contributed by atoms with van der Waals surface area (Å²) in [7, 11) is 0. The average Bonchev–Trinajstić information content (AvgIpc) is 0.750. The zero-order valence-corrected chi connectivity index (χ0v) is 81.2. The van der Waals surface area contributed by atoms with Gasteiger partial charge in [-0.25, -0.2) is 0 Å². The van der Waals surface area contributed by atoms with Crippen LogP contribution in [0.2, 0.25) is 0 Å². The van der Waals surface area contributed by atoms with Crippen LogP contribution in [0.3, 0.4) is 0 Å². The van der Waals surface area contributed by atoms with E-state index < -0.39 is 151 Å². The Kier molecular flexibility index (Phi) is 30.3. The molecule has 0 saturated heterocycles. The summed E-state index contributed by atoms with van der Waals surface area (Å²) in [4.78, 5) is 103. The molecule has 26 heteroatoms. The maximum Gasteiger partial charge on any atom is 0.189 e. The summed E-state index contributed by atoms with van der Waals surface area (Å²) >= 11 is 0. The van der Waals surface area contributed by atoms with Crippen LogP contribution in [-0.4, -0.2) is 127 Å². The van der Waals surface area contributed by atoms with Gasteiger partial charge in [0.25, 0.3) is 0 Å². The van der Waals surface area contributed by atoms with Crippen LogP contribution in [0.4, 0.5) is 0 Å². The molecule has 746 valence electrons. The van der Waals surface area contributed by atoms with Gasteiger partial charge in [-0.05, 0) is 292 Å². The fourth-order valence-corrected chi connectivity index (χ4v) is 20.0. The van der Waals surface area contributed by atoms with Crippen molar-refractivity contribution in [3.05, 3.63) is 382 Å². The Hall–Kier alpha value is -17.7. The normalized spacial score (nSPS) is 17.7. The van der Waals surface area contributed by atoms with E-state index in [2.05, 4.69) is 0 Å². The van der Waals surface area contributed by atoms with Crippen molar-refractivity contribution in [3.63, 3.8) is 0 Å². The number of aromatic hydroxyl groups is 18. The third kappa shape index (κ3) is 21.6. The van der Waals surface area contributed by atoms with Gasteiger partial charge >= 0.3 is 0 Å². The topological polar surface area (TPSA) is 485 Å². The first-order valence-electron chi connectivity index (χ1n) is 47.3. The summed E-state index contributed by atoms with van der Waals surface area (Å²) < 4.78 is 0. The maximum atomic E-state index is 16.2. The van der Waals surface area contributed by atoms with E-state index >= 15 is 14.4 Å². The fourth-order valence-electron chi connectivity index (χ4n) is 20.0. The summed E-state index contributed by atoms with van der Waals surface area (Å²) in [6.45, 7) is 16.1. The van der Waals surface area contributed by atoms with E-state index in [0.717, 1.165) is 58.7 Å². The van der Waals surface area contributed by atoms with E-state index in [9.17, 15) is 106 Å². The van der Waals surface area contributed by atoms with E-state index in [-0.39, 0.29) is 178 Å². The van der Waals surface area contributed by atoms with Gasteiger partial charge in [0, 0.05) is 104 Å². The lowest BCUT2D eigenvalue weighted by molar-refractivity contribution is -0.102. The van der Waals surface area contributed by atoms with Gasteiger partial charge in [-0.1, -0.05) is 137 Å². The van der Waals surface area contributed by atoms with Crippen LogP contribution in [0.25, 0.3) is 29.4 Å². The van der Waals surface area contributed by atoms with Crippen molar-refractivity contribution < 1.29 is 130 Å². The largest absolute Gasteiger partial charge is 0.508 e. The maximum absolute atomic E-state index is 16.2. The first-order valence-corrected chi connectivity index (χ1v) is 47.3. The molecule has 0 saturated carbocycles. The molecule has 0 radical (unpaired) electrons. The summed E-state index contributed by atoms with van der Waals surface area (Å²) in [5, 5.41) is 209. The molecule has 0 fully saturated rings. The highest BCUT2D eigenvalue weighted by Gasteiger charge is 2.48. The lowest BCUT2D eigenvalue weighted by Gasteiger charge is -2.37. The smallest absolute Gasteiger partial charge is 0.189 e. The van der Waals surface area contributed by atoms with Crippen LogP contribution in [0.1, 0.15) is 246 Å². The molecule has 0 amide bonds. The predicted octanol–water partition coefficient (Wildman–Crippen LogP) is 23.8. The summed E-state index contributed by atoms with van der Waals surface area (Å²) in [6, 6.07) is 43.3. The zero-order chi connectivity index (χ0) is 105. The number of ketones is 6.